The summed E-state index contributed by atoms with van der Waals surface area (Å²) >= 11 is 0. The quantitative estimate of drug-likeness (QED) is 0.172. The standard InChI is InChI=1S/C22H28.C22H22/c2*1-17-3-7-19(8-4-17)9-10-20-11-15-22(16-12-20)21-13-5-18(2)6-14-21/h3-4,7-8,11-12,15-16,18,21H,5-6,9-10,13-14H2,1-2H3;3-8,11-16H,9-10H2,1-2H3. The van der Waals surface area contributed by atoms with E-state index in [1.54, 1.807) is 5.56 Å². The summed E-state index contributed by atoms with van der Waals surface area (Å²) in [5.41, 5.74) is 13.8. The fourth-order valence-electron chi connectivity index (χ4n) is 6.25. The van der Waals surface area contributed by atoms with Gasteiger partial charge in [0.2, 0.25) is 0 Å². The lowest BCUT2D eigenvalue weighted by atomic mass is 9.79. The van der Waals surface area contributed by atoms with Crippen molar-refractivity contribution < 1.29 is 0 Å². The third kappa shape index (κ3) is 9.55. The predicted octanol–water partition coefficient (Wildman–Crippen LogP) is 11.8. The summed E-state index contributed by atoms with van der Waals surface area (Å²) in [4.78, 5) is 0. The smallest absolute Gasteiger partial charge is 0.0162 e. The van der Waals surface area contributed by atoms with Crippen molar-refractivity contribution in [1.82, 2.24) is 0 Å². The number of benzene rings is 5. The molecule has 0 radical (unpaired) electrons. The highest BCUT2D eigenvalue weighted by atomic mass is 14.2. The Morgan fingerprint density at radius 2 is 0.682 bits per heavy atom. The Kier molecular flexibility index (Phi) is 11.3. The van der Waals surface area contributed by atoms with Crippen molar-refractivity contribution in [2.75, 3.05) is 0 Å². The van der Waals surface area contributed by atoms with Crippen LogP contribution in [-0.2, 0) is 25.7 Å². The van der Waals surface area contributed by atoms with Crippen LogP contribution in [0.15, 0.2) is 121 Å². The van der Waals surface area contributed by atoms with Crippen molar-refractivity contribution in [3.8, 4) is 11.1 Å². The van der Waals surface area contributed by atoms with Gasteiger partial charge < -0.3 is 0 Å². The van der Waals surface area contributed by atoms with Gasteiger partial charge in [-0.15, -0.1) is 0 Å². The number of hydrogen-bond acceptors (Lipinski definition) is 0. The molecule has 0 N–H and O–H groups in total. The van der Waals surface area contributed by atoms with Crippen LogP contribution < -0.4 is 0 Å². The minimum absolute atomic E-state index is 0.808. The molecule has 1 fully saturated rings. The Balaban J connectivity index is 0.000000175. The minimum Gasteiger partial charge on any atom is -0.0625 e. The van der Waals surface area contributed by atoms with Gasteiger partial charge in [-0.1, -0.05) is 158 Å². The lowest BCUT2D eigenvalue weighted by Gasteiger charge is -2.26. The molecule has 0 atom stereocenters. The maximum atomic E-state index is 2.39. The van der Waals surface area contributed by atoms with E-state index in [2.05, 4.69) is 149 Å². The zero-order valence-electron chi connectivity index (χ0n) is 27.4. The van der Waals surface area contributed by atoms with E-state index in [4.69, 9.17) is 0 Å². The van der Waals surface area contributed by atoms with E-state index in [1.807, 2.05) is 0 Å². The highest BCUT2D eigenvalue weighted by molar-refractivity contribution is 5.63. The second-order valence-corrected chi connectivity index (χ2v) is 13.2. The van der Waals surface area contributed by atoms with Gasteiger partial charge in [-0.3, -0.25) is 0 Å². The van der Waals surface area contributed by atoms with Crippen LogP contribution in [0.5, 0.6) is 0 Å². The average molecular weight is 579 g/mol. The summed E-state index contributed by atoms with van der Waals surface area (Å²) in [6.07, 6.45) is 10.0. The third-order valence-electron chi connectivity index (χ3n) is 9.45. The topological polar surface area (TPSA) is 0 Å². The molecule has 0 aromatic heterocycles. The third-order valence-corrected chi connectivity index (χ3v) is 9.45. The maximum Gasteiger partial charge on any atom is -0.0162 e. The van der Waals surface area contributed by atoms with E-state index >= 15 is 0 Å². The number of hydrogen-bond donors (Lipinski definition) is 0. The van der Waals surface area contributed by atoms with Gasteiger partial charge in [-0.25, -0.2) is 0 Å². The van der Waals surface area contributed by atoms with Gasteiger partial charge in [-0.05, 0) is 110 Å². The molecule has 5 aromatic carbocycles. The highest BCUT2D eigenvalue weighted by Crippen LogP contribution is 2.35. The number of aryl methyl sites for hydroxylation is 7. The molecule has 1 saturated carbocycles. The molecule has 5 aromatic rings. The molecule has 1 aliphatic carbocycles. The van der Waals surface area contributed by atoms with Crippen LogP contribution >= 0.6 is 0 Å². The van der Waals surface area contributed by atoms with Gasteiger partial charge in [0.1, 0.15) is 0 Å². The van der Waals surface area contributed by atoms with Crippen molar-refractivity contribution in [1.29, 1.82) is 0 Å². The lowest BCUT2D eigenvalue weighted by Crippen LogP contribution is -2.10. The van der Waals surface area contributed by atoms with Crippen LogP contribution in [0.3, 0.4) is 0 Å². The molecule has 0 bridgehead atoms. The van der Waals surface area contributed by atoms with E-state index in [0.717, 1.165) is 37.5 Å². The first-order valence-electron chi connectivity index (χ1n) is 16.8. The van der Waals surface area contributed by atoms with Crippen LogP contribution in [0.25, 0.3) is 11.1 Å². The molecule has 0 aliphatic heterocycles. The zero-order valence-corrected chi connectivity index (χ0v) is 27.4. The first kappa shape index (κ1) is 31.5. The van der Waals surface area contributed by atoms with Crippen molar-refractivity contribution in [2.45, 2.75) is 85.0 Å². The Bertz CT molecular complexity index is 1530. The largest absolute Gasteiger partial charge is 0.0625 e. The lowest BCUT2D eigenvalue weighted by molar-refractivity contribution is 0.348. The van der Waals surface area contributed by atoms with Gasteiger partial charge in [0.25, 0.3) is 0 Å². The molecule has 0 spiro atoms. The Hall–Kier alpha value is -3.90. The molecular formula is C44H50. The van der Waals surface area contributed by atoms with Gasteiger partial charge in [0.05, 0.1) is 0 Å². The van der Waals surface area contributed by atoms with Crippen LogP contribution in [0.1, 0.15) is 83.0 Å². The van der Waals surface area contributed by atoms with Gasteiger partial charge >= 0.3 is 0 Å². The summed E-state index contributed by atoms with van der Waals surface area (Å²) in [5, 5.41) is 0. The van der Waals surface area contributed by atoms with Crippen molar-refractivity contribution in [3.05, 3.63) is 166 Å². The minimum atomic E-state index is 0.808. The molecule has 226 valence electrons. The van der Waals surface area contributed by atoms with Crippen molar-refractivity contribution in [3.63, 3.8) is 0 Å². The van der Waals surface area contributed by atoms with Crippen LogP contribution in [0, 0.1) is 26.7 Å². The van der Waals surface area contributed by atoms with Gasteiger partial charge in [0, 0.05) is 0 Å². The summed E-state index contributed by atoms with van der Waals surface area (Å²) in [7, 11) is 0. The second kappa shape index (κ2) is 15.7. The molecule has 0 unspecified atom stereocenters. The monoisotopic (exact) mass is 578 g/mol. The predicted molar refractivity (Wildman–Crippen MR) is 191 cm³/mol. The van der Waals surface area contributed by atoms with E-state index in [9.17, 15) is 0 Å². The Labute approximate surface area is 267 Å². The fraction of sp³-hybridized carbons (Fsp3) is 0.318. The van der Waals surface area contributed by atoms with Gasteiger partial charge in [0.15, 0.2) is 0 Å². The molecular weight excluding hydrogens is 528 g/mol. The number of rotatable bonds is 8. The zero-order chi connectivity index (χ0) is 30.7. The van der Waals surface area contributed by atoms with E-state index in [-0.39, 0.29) is 0 Å². The highest BCUT2D eigenvalue weighted by Gasteiger charge is 2.19. The van der Waals surface area contributed by atoms with E-state index in [1.165, 1.54) is 75.8 Å². The average Bonchev–Trinajstić information content (AvgIpc) is 3.06. The maximum absolute atomic E-state index is 2.39. The van der Waals surface area contributed by atoms with Crippen molar-refractivity contribution in [2.24, 2.45) is 5.92 Å². The fourth-order valence-corrected chi connectivity index (χ4v) is 6.25. The molecule has 44 heavy (non-hydrogen) atoms. The molecule has 0 heterocycles. The second-order valence-electron chi connectivity index (χ2n) is 13.2. The molecule has 0 amide bonds. The first-order valence-corrected chi connectivity index (χ1v) is 16.8. The summed E-state index contributed by atoms with van der Waals surface area (Å²) in [6.45, 7) is 8.80. The van der Waals surface area contributed by atoms with Crippen molar-refractivity contribution >= 4 is 0 Å². The van der Waals surface area contributed by atoms with Gasteiger partial charge in [-0.2, -0.15) is 0 Å². The summed E-state index contributed by atoms with van der Waals surface area (Å²) < 4.78 is 0. The molecule has 6 rings (SSSR count). The SMILES string of the molecule is Cc1ccc(CCc2ccc(-c3ccc(C)cc3)cc2)cc1.Cc1ccc(CCc2ccc(C3CCC(C)CC3)cc2)cc1. The first-order chi connectivity index (χ1) is 21.4. The van der Waals surface area contributed by atoms with E-state index in [0.29, 0.717) is 0 Å². The molecule has 1 aliphatic rings. The van der Waals surface area contributed by atoms with E-state index < -0.39 is 0 Å². The Morgan fingerprint density at radius 3 is 1.07 bits per heavy atom. The summed E-state index contributed by atoms with van der Waals surface area (Å²) in [5.74, 6) is 1.74. The molecule has 0 heteroatoms. The van der Waals surface area contributed by atoms with Crippen LogP contribution in [-0.4, -0.2) is 0 Å². The Morgan fingerprint density at radius 1 is 0.386 bits per heavy atom. The van der Waals surface area contributed by atoms with Crippen LogP contribution in [0.2, 0.25) is 0 Å². The molecule has 0 saturated heterocycles. The summed E-state index contributed by atoms with van der Waals surface area (Å²) in [6, 6.07) is 44.9. The molecule has 0 nitrogen and oxygen atoms in total. The van der Waals surface area contributed by atoms with Crippen LogP contribution in [0.4, 0.5) is 0 Å². The normalized spacial score (nSPS) is 16.2.